The third-order valence-corrected chi connectivity index (χ3v) is 2.73. The highest BCUT2D eigenvalue weighted by molar-refractivity contribution is 5.84. The number of rotatable bonds is 0. The summed E-state index contributed by atoms with van der Waals surface area (Å²) in [6, 6.07) is 13.2. The van der Waals surface area contributed by atoms with Gasteiger partial charge in [-0.15, -0.1) is 0 Å². The van der Waals surface area contributed by atoms with Gasteiger partial charge in [0.05, 0.1) is 0 Å². The monoisotopic (exact) mass is 154 g/mol. The molecule has 3 rings (SSSR count). The molecule has 12 heavy (non-hydrogen) atoms. The van der Waals surface area contributed by atoms with Gasteiger partial charge in [-0.05, 0) is 34.7 Å². The third kappa shape index (κ3) is 0.724. The van der Waals surface area contributed by atoms with Gasteiger partial charge >= 0.3 is 0 Å². The Balaban J connectivity index is 2.43. The summed E-state index contributed by atoms with van der Waals surface area (Å²) in [5.41, 5.74) is 3.10. The summed E-state index contributed by atoms with van der Waals surface area (Å²) in [5.74, 6) is 0. The van der Waals surface area contributed by atoms with Gasteiger partial charge in [0.15, 0.2) is 0 Å². The largest absolute Gasteiger partial charge is 0.0616 e. The van der Waals surface area contributed by atoms with Crippen molar-refractivity contribution < 1.29 is 0 Å². The maximum Gasteiger partial charge on any atom is -0.0181 e. The Morgan fingerprint density at radius 3 is 1.67 bits per heavy atom. The molecule has 0 saturated carbocycles. The molecule has 1 aliphatic rings. The molecular weight excluding hydrogens is 144 g/mol. The Morgan fingerprint density at radius 1 is 0.750 bits per heavy atom. The highest BCUT2D eigenvalue weighted by atomic mass is 14.2. The van der Waals surface area contributed by atoms with Crippen LogP contribution in [0.4, 0.5) is 0 Å². The summed E-state index contributed by atoms with van der Waals surface area (Å²) in [6.07, 6.45) is 2.56. The van der Waals surface area contributed by atoms with E-state index in [1.807, 2.05) is 0 Å². The number of fused-ring (bicyclic) bond motifs is 2. The van der Waals surface area contributed by atoms with Gasteiger partial charge in [-0.2, -0.15) is 0 Å². The molecule has 0 bridgehead atoms. The zero-order valence-corrected chi connectivity index (χ0v) is 6.88. The SMILES string of the molecule is c1ccc2cc3c(cc2c1)CC3. The first-order chi connectivity index (χ1) is 5.93. The Morgan fingerprint density at radius 2 is 1.25 bits per heavy atom. The topological polar surface area (TPSA) is 0 Å². The van der Waals surface area contributed by atoms with Crippen molar-refractivity contribution in [2.24, 2.45) is 0 Å². The van der Waals surface area contributed by atoms with Crippen molar-refractivity contribution in [3.05, 3.63) is 47.5 Å². The van der Waals surface area contributed by atoms with E-state index >= 15 is 0 Å². The molecular formula is C12H10. The maximum absolute atomic E-state index is 2.33. The second kappa shape index (κ2) is 2.10. The van der Waals surface area contributed by atoms with Gasteiger partial charge in [-0.3, -0.25) is 0 Å². The van der Waals surface area contributed by atoms with Crippen molar-refractivity contribution in [3.63, 3.8) is 0 Å². The fourth-order valence-corrected chi connectivity index (χ4v) is 1.89. The van der Waals surface area contributed by atoms with E-state index in [1.54, 1.807) is 11.1 Å². The molecule has 0 heteroatoms. The van der Waals surface area contributed by atoms with E-state index in [1.165, 1.54) is 23.6 Å². The quantitative estimate of drug-likeness (QED) is 0.547. The summed E-state index contributed by atoms with van der Waals surface area (Å²) in [7, 11) is 0. The van der Waals surface area contributed by atoms with E-state index in [4.69, 9.17) is 0 Å². The summed E-state index contributed by atoms with van der Waals surface area (Å²) in [6.45, 7) is 0. The van der Waals surface area contributed by atoms with E-state index in [0.717, 1.165) is 0 Å². The van der Waals surface area contributed by atoms with Crippen LogP contribution < -0.4 is 0 Å². The van der Waals surface area contributed by atoms with Crippen molar-refractivity contribution in [2.45, 2.75) is 12.8 Å². The van der Waals surface area contributed by atoms with Crippen molar-refractivity contribution >= 4 is 10.8 Å². The maximum atomic E-state index is 2.33. The first-order valence-corrected chi connectivity index (χ1v) is 4.44. The van der Waals surface area contributed by atoms with Crippen LogP contribution in [0, 0.1) is 0 Å². The Hall–Kier alpha value is -1.30. The lowest BCUT2D eigenvalue weighted by Gasteiger charge is -2.19. The number of hydrogen-bond donors (Lipinski definition) is 0. The molecule has 0 heterocycles. The molecule has 0 radical (unpaired) electrons. The van der Waals surface area contributed by atoms with Crippen LogP contribution >= 0.6 is 0 Å². The minimum absolute atomic E-state index is 1.28. The molecule has 58 valence electrons. The van der Waals surface area contributed by atoms with Crippen LogP contribution in [0.25, 0.3) is 10.8 Å². The lowest BCUT2D eigenvalue weighted by Crippen LogP contribution is -2.07. The molecule has 0 saturated heterocycles. The van der Waals surface area contributed by atoms with E-state index in [-0.39, 0.29) is 0 Å². The second-order valence-electron chi connectivity index (χ2n) is 3.47. The van der Waals surface area contributed by atoms with Crippen LogP contribution in [0.2, 0.25) is 0 Å². The summed E-state index contributed by atoms with van der Waals surface area (Å²) in [4.78, 5) is 0. The van der Waals surface area contributed by atoms with Gasteiger partial charge in [0.1, 0.15) is 0 Å². The van der Waals surface area contributed by atoms with Gasteiger partial charge in [-0.25, -0.2) is 0 Å². The summed E-state index contributed by atoms with van der Waals surface area (Å²) < 4.78 is 0. The van der Waals surface area contributed by atoms with Crippen LogP contribution in [0.15, 0.2) is 36.4 Å². The van der Waals surface area contributed by atoms with Gasteiger partial charge in [0.2, 0.25) is 0 Å². The average molecular weight is 154 g/mol. The van der Waals surface area contributed by atoms with Crippen LogP contribution in [0.1, 0.15) is 11.1 Å². The van der Waals surface area contributed by atoms with E-state index < -0.39 is 0 Å². The minimum atomic E-state index is 1.28. The Bertz CT molecular complexity index is 398. The first-order valence-electron chi connectivity index (χ1n) is 4.44. The molecule has 0 fully saturated rings. The zero-order chi connectivity index (χ0) is 7.97. The highest BCUT2D eigenvalue weighted by Crippen LogP contribution is 2.27. The molecule has 0 aromatic heterocycles. The lowest BCUT2D eigenvalue weighted by atomic mass is 9.86. The molecule has 2 aromatic carbocycles. The molecule has 0 N–H and O–H groups in total. The van der Waals surface area contributed by atoms with Crippen molar-refractivity contribution in [1.29, 1.82) is 0 Å². The van der Waals surface area contributed by atoms with Crippen molar-refractivity contribution in [1.82, 2.24) is 0 Å². The third-order valence-electron chi connectivity index (χ3n) is 2.73. The Kier molecular flexibility index (Phi) is 1.09. The number of benzene rings is 2. The number of aryl methyl sites for hydroxylation is 2. The van der Waals surface area contributed by atoms with Crippen LogP contribution in [0.5, 0.6) is 0 Å². The smallest absolute Gasteiger partial charge is 0.0181 e. The van der Waals surface area contributed by atoms with Crippen LogP contribution in [-0.2, 0) is 12.8 Å². The molecule has 0 aliphatic heterocycles. The van der Waals surface area contributed by atoms with Gasteiger partial charge in [0.25, 0.3) is 0 Å². The fraction of sp³-hybridized carbons (Fsp3) is 0.167. The van der Waals surface area contributed by atoms with E-state index in [0.29, 0.717) is 0 Å². The zero-order valence-electron chi connectivity index (χ0n) is 6.88. The predicted octanol–water partition coefficient (Wildman–Crippen LogP) is 2.94. The van der Waals surface area contributed by atoms with Gasteiger partial charge < -0.3 is 0 Å². The highest BCUT2D eigenvalue weighted by Gasteiger charge is 2.12. The average Bonchev–Trinajstić information content (AvgIpc) is 2.09. The van der Waals surface area contributed by atoms with Gasteiger partial charge in [-0.1, -0.05) is 36.4 Å². The normalized spacial score (nSPS) is 14.0. The van der Waals surface area contributed by atoms with Crippen molar-refractivity contribution in [2.75, 3.05) is 0 Å². The molecule has 0 unspecified atom stereocenters. The summed E-state index contributed by atoms with van der Waals surface area (Å²) >= 11 is 0. The lowest BCUT2D eigenvalue weighted by molar-refractivity contribution is 0.844. The molecule has 2 aromatic rings. The second-order valence-corrected chi connectivity index (χ2v) is 3.47. The van der Waals surface area contributed by atoms with E-state index in [2.05, 4.69) is 36.4 Å². The van der Waals surface area contributed by atoms with Gasteiger partial charge in [0, 0.05) is 0 Å². The number of hydrogen-bond acceptors (Lipinski definition) is 0. The fourth-order valence-electron chi connectivity index (χ4n) is 1.89. The molecule has 0 spiro atoms. The molecule has 0 amide bonds. The standard InChI is InChI=1S/C12H10/c1-2-4-10-8-12-6-5-11(12)7-9(10)3-1/h1-4,7-8H,5-6H2. The minimum Gasteiger partial charge on any atom is -0.0616 e. The molecule has 0 atom stereocenters. The first kappa shape index (κ1) is 6.24. The van der Waals surface area contributed by atoms with Crippen LogP contribution in [-0.4, -0.2) is 0 Å². The van der Waals surface area contributed by atoms with Crippen LogP contribution in [0.3, 0.4) is 0 Å². The predicted molar refractivity (Wildman–Crippen MR) is 51.4 cm³/mol. The molecule has 0 nitrogen and oxygen atoms in total. The summed E-state index contributed by atoms with van der Waals surface area (Å²) in [5, 5.41) is 2.77. The van der Waals surface area contributed by atoms with Crippen molar-refractivity contribution in [3.8, 4) is 0 Å². The molecule has 1 aliphatic carbocycles. The Labute approximate surface area is 71.8 Å². The van der Waals surface area contributed by atoms with E-state index in [9.17, 15) is 0 Å².